The number of anilines is 1. The molecule has 0 radical (unpaired) electrons. The van der Waals surface area contributed by atoms with Gasteiger partial charge in [0.2, 0.25) is 0 Å². The van der Waals surface area contributed by atoms with Crippen molar-refractivity contribution in [2.75, 3.05) is 31.5 Å². The second kappa shape index (κ2) is 7.55. The number of rotatable bonds is 6. The van der Waals surface area contributed by atoms with Crippen LogP contribution in [0.4, 0.5) is 10.1 Å². The second-order valence-corrected chi connectivity index (χ2v) is 9.36. The van der Waals surface area contributed by atoms with Gasteiger partial charge in [-0.2, -0.15) is 0 Å². The molecule has 2 fully saturated rings. The standard InChI is InChI=1S/C24H25FN6O2/c1-29-7-5-18-20(3-2-19(25)22(18)23(29)32)33-17-11-24(12-17)13-30(14-24)9-6-26-16-4-8-31-15-27-28-21(31)10-16/h2-5,7-8,10,15,17,26H,6,9,11-14H2,1H3. The van der Waals surface area contributed by atoms with Crippen LogP contribution in [-0.4, -0.2) is 56.3 Å². The van der Waals surface area contributed by atoms with Gasteiger partial charge in [0, 0.05) is 68.2 Å². The van der Waals surface area contributed by atoms with Gasteiger partial charge in [-0.25, -0.2) is 4.39 Å². The predicted octanol–water partition coefficient (Wildman–Crippen LogP) is 2.68. The Morgan fingerprint density at radius 1 is 1.21 bits per heavy atom. The van der Waals surface area contributed by atoms with Crippen molar-refractivity contribution >= 4 is 22.1 Å². The molecule has 0 bridgehead atoms. The second-order valence-electron chi connectivity index (χ2n) is 9.36. The fourth-order valence-electron chi connectivity index (χ4n) is 5.26. The van der Waals surface area contributed by atoms with Crippen LogP contribution in [0, 0.1) is 11.2 Å². The predicted molar refractivity (Wildman–Crippen MR) is 123 cm³/mol. The quantitative estimate of drug-likeness (QED) is 0.489. The van der Waals surface area contributed by atoms with Gasteiger partial charge in [0.1, 0.15) is 17.9 Å². The van der Waals surface area contributed by atoms with Crippen molar-refractivity contribution in [2.24, 2.45) is 12.5 Å². The molecular formula is C24H25FN6O2. The Labute approximate surface area is 189 Å². The summed E-state index contributed by atoms with van der Waals surface area (Å²) in [6, 6.07) is 8.73. The highest BCUT2D eigenvalue weighted by Crippen LogP contribution is 2.49. The number of hydrogen-bond acceptors (Lipinski definition) is 6. The molecule has 0 atom stereocenters. The third-order valence-electron chi connectivity index (χ3n) is 6.94. The van der Waals surface area contributed by atoms with Crippen LogP contribution >= 0.6 is 0 Å². The van der Waals surface area contributed by atoms with Crippen LogP contribution in [0.2, 0.25) is 0 Å². The average molecular weight is 449 g/mol. The molecule has 0 unspecified atom stereocenters. The van der Waals surface area contributed by atoms with E-state index in [1.54, 1.807) is 31.7 Å². The van der Waals surface area contributed by atoms with Gasteiger partial charge in [-0.1, -0.05) is 0 Å². The Hall–Kier alpha value is -3.46. The molecule has 2 aliphatic rings. The molecule has 1 aromatic carbocycles. The van der Waals surface area contributed by atoms with E-state index in [0.717, 1.165) is 50.4 Å². The Bertz CT molecular complexity index is 1400. The van der Waals surface area contributed by atoms with Gasteiger partial charge in [-0.3, -0.25) is 9.20 Å². The lowest BCUT2D eigenvalue weighted by molar-refractivity contribution is -0.117. The number of aryl methyl sites for hydroxylation is 1. The Kier molecular flexibility index (Phi) is 4.62. The molecule has 33 heavy (non-hydrogen) atoms. The van der Waals surface area contributed by atoms with Gasteiger partial charge in [0.25, 0.3) is 5.56 Å². The van der Waals surface area contributed by atoms with Crippen molar-refractivity contribution in [1.82, 2.24) is 24.1 Å². The van der Waals surface area contributed by atoms with Gasteiger partial charge in [0.15, 0.2) is 5.65 Å². The zero-order valence-corrected chi connectivity index (χ0v) is 18.4. The van der Waals surface area contributed by atoms with E-state index in [9.17, 15) is 9.18 Å². The molecule has 9 heteroatoms. The number of aromatic nitrogens is 4. The summed E-state index contributed by atoms with van der Waals surface area (Å²) in [5.41, 5.74) is 1.86. The number of halogens is 1. The minimum Gasteiger partial charge on any atom is -0.490 e. The monoisotopic (exact) mass is 448 g/mol. The lowest BCUT2D eigenvalue weighted by Gasteiger charge is -2.58. The van der Waals surface area contributed by atoms with Gasteiger partial charge in [-0.05, 0) is 37.1 Å². The van der Waals surface area contributed by atoms with E-state index in [4.69, 9.17) is 4.74 Å². The number of benzene rings is 1. The molecule has 3 aromatic heterocycles. The van der Waals surface area contributed by atoms with E-state index >= 15 is 0 Å². The Morgan fingerprint density at radius 2 is 2.06 bits per heavy atom. The highest BCUT2D eigenvalue weighted by atomic mass is 19.1. The van der Waals surface area contributed by atoms with E-state index in [-0.39, 0.29) is 17.0 Å². The normalized spacial score (nSPS) is 17.9. The first-order valence-electron chi connectivity index (χ1n) is 11.2. The number of fused-ring (bicyclic) bond motifs is 2. The minimum absolute atomic E-state index is 0.0945. The van der Waals surface area contributed by atoms with Crippen LogP contribution in [-0.2, 0) is 7.05 Å². The molecule has 4 aromatic rings. The first-order chi connectivity index (χ1) is 16.0. The van der Waals surface area contributed by atoms with Crippen LogP contribution in [0.5, 0.6) is 5.75 Å². The van der Waals surface area contributed by atoms with E-state index in [1.165, 1.54) is 10.6 Å². The maximum Gasteiger partial charge on any atom is 0.261 e. The summed E-state index contributed by atoms with van der Waals surface area (Å²) in [5, 5.41) is 12.1. The van der Waals surface area contributed by atoms with Gasteiger partial charge < -0.3 is 19.5 Å². The smallest absolute Gasteiger partial charge is 0.261 e. The first kappa shape index (κ1) is 20.2. The molecule has 4 heterocycles. The summed E-state index contributed by atoms with van der Waals surface area (Å²) in [6.45, 7) is 4.00. The van der Waals surface area contributed by atoms with E-state index < -0.39 is 5.82 Å². The number of nitrogens with zero attached hydrogens (tertiary/aromatic N) is 5. The minimum atomic E-state index is -0.506. The molecule has 1 N–H and O–H groups in total. The van der Waals surface area contributed by atoms with E-state index in [2.05, 4.69) is 20.4 Å². The lowest BCUT2D eigenvalue weighted by atomic mass is 9.62. The molecule has 1 aliphatic heterocycles. The fourth-order valence-corrected chi connectivity index (χ4v) is 5.26. The van der Waals surface area contributed by atoms with Gasteiger partial charge in [0.05, 0.1) is 11.5 Å². The van der Waals surface area contributed by atoms with Crippen molar-refractivity contribution in [3.8, 4) is 5.75 Å². The van der Waals surface area contributed by atoms with Crippen molar-refractivity contribution < 1.29 is 9.13 Å². The Morgan fingerprint density at radius 3 is 2.91 bits per heavy atom. The largest absolute Gasteiger partial charge is 0.490 e. The summed E-state index contributed by atoms with van der Waals surface area (Å²) in [6.07, 6.45) is 7.38. The summed E-state index contributed by atoms with van der Waals surface area (Å²) in [5.74, 6) is 0.0854. The Balaban J connectivity index is 1.01. The molecular weight excluding hydrogens is 423 g/mol. The SMILES string of the molecule is Cn1ccc2c(OC3CC4(C3)CN(CCNc3ccn5cnnc5c3)C4)ccc(F)c2c1=O. The molecule has 0 amide bonds. The van der Waals surface area contributed by atoms with Crippen LogP contribution in [0.25, 0.3) is 16.4 Å². The van der Waals surface area contributed by atoms with Crippen molar-refractivity contribution in [3.05, 3.63) is 65.2 Å². The summed E-state index contributed by atoms with van der Waals surface area (Å²) in [7, 11) is 1.62. The van der Waals surface area contributed by atoms with Crippen LogP contribution < -0.4 is 15.6 Å². The zero-order chi connectivity index (χ0) is 22.6. The highest BCUT2D eigenvalue weighted by Gasteiger charge is 2.53. The molecule has 1 saturated heterocycles. The maximum absolute atomic E-state index is 14.2. The van der Waals surface area contributed by atoms with Crippen LogP contribution in [0.15, 0.2) is 53.8 Å². The molecule has 1 aliphatic carbocycles. The van der Waals surface area contributed by atoms with Crippen molar-refractivity contribution in [1.29, 1.82) is 0 Å². The first-order valence-corrected chi connectivity index (χ1v) is 11.2. The number of ether oxygens (including phenoxy) is 1. The number of hydrogen-bond donors (Lipinski definition) is 1. The average Bonchev–Trinajstić information content (AvgIpc) is 3.22. The zero-order valence-electron chi connectivity index (χ0n) is 18.4. The number of nitrogens with one attached hydrogen (secondary N) is 1. The van der Waals surface area contributed by atoms with E-state index in [0.29, 0.717) is 16.6 Å². The molecule has 6 rings (SSSR count). The third-order valence-corrected chi connectivity index (χ3v) is 6.94. The molecule has 1 spiro atoms. The van der Waals surface area contributed by atoms with Crippen molar-refractivity contribution in [3.63, 3.8) is 0 Å². The topological polar surface area (TPSA) is 76.7 Å². The summed E-state index contributed by atoms with van der Waals surface area (Å²) >= 11 is 0. The fraction of sp³-hybridized carbons (Fsp3) is 0.375. The highest BCUT2D eigenvalue weighted by molar-refractivity contribution is 5.88. The molecule has 170 valence electrons. The third kappa shape index (κ3) is 3.52. The summed E-state index contributed by atoms with van der Waals surface area (Å²) < 4.78 is 23.7. The molecule has 8 nitrogen and oxygen atoms in total. The van der Waals surface area contributed by atoms with E-state index in [1.807, 2.05) is 22.7 Å². The van der Waals surface area contributed by atoms with Gasteiger partial charge >= 0.3 is 0 Å². The number of pyridine rings is 2. The lowest BCUT2D eigenvalue weighted by Crippen LogP contribution is -2.65. The van der Waals surface area contributed by atoms with Gasteiger partial charge in [-0.15, -0.1) is 10.2 Å². The number of likely N-dealkylation sites (tertiary alicyclic amines) is 1. The van der Waals surface area contributed by atoms with Crippen LogP contribution in [0.1, 0.15) is 12.8 Å². The van der Waals surface area contributed by atoms with Crippen LogP contribution in [0.3, 0.4) is 0 Å². The summed E-state index contributed by atoms with van der Waals surface area (Å²) in [4.78, 5) is 14.8. The maximum atomic E-state index is 14.2. The molecule has 1 saturated carbocycles. The van der Waals surface area contributed by atoms with Crippen molar-refractivity contribution in [2.45, 2.75) is 18.9 Å².